The van der Waals surface area contributed by atoms with Crippen LogP contribution in [-0.2, 0) is 0 Å². The average Bonchev–Trinajstić information content (AvgIpc) is 2.72. The van der Waals surface area contributed by atoms with Gasteiger partial charge < -0.3 is 4.74 Å². The summed E-state index contributed by atoms with van der Waals surface area (Å²) in [6, 6.07) is 28.3. The lowest BCUT2D eigenvalue weighted by Gasteiger charge is -2.30. The molecule has 0 fully saturated rings. The molecule has 1 aliphatic heterocycles. The molecule has 0 saturated heterocycles. The van der Waals surface area contributed by atoms with E-state index in [0.717, 1.165) is 39.9 Å². The van der Waals surface area contributed by atoms with Crippen LogP contribution in [0.25, 0.3) is 10.8 Å². The Morgan fingerprint density at radius 2 is 1.42 bits per heavy atom. The highest BCUT2D eigenvalue weighted by atomic mass is 16.5. The van der Waals surface area contributed by atoms with Crippen molar-refractivity contribution in [2.45, 2.75) is 5.92 Å². The van der Waals surface area contributed by atoms with Crippen LogP contribution in [0.15, 0.2) is 84.9 Å². The smallest absolute Gasteiger partial charge is 0.150 e. The van der Waals surface area contributed by atoms with Crippen LogP contribution in [-0.4, -0.2) is 6.29 Å². The lowest BCUT2D eigenvalue weighted by atomic mass is 9.79. The van der Waals surface area contributed by atoms with Crippen LogP contribution in [0, 0.1) is 0 Å². The Bertz CT molecular complexity index is 1140. The van der Waals surface area contributed by atoms with E-state index in [1.54, 1.807) is 0 Å². The number of hydrogen-bond acceptors (Lipinski definition) is 2. The Balaban J connectivity index is 1.89. The van der Waals surface area contributed by atoms with Crippen LogP contribution in [0.4, 0.5) is 0 Å². The van der Waals surface area contributed by atoms with Gasteiger partial charge in [0.05, 0.1) is 0 Å². The van der Waals surface area contributed by atoms with Crippen molar-refractivity contribution < 1.29 is 9.53 Å². The monoisotopic (exact) mass is 336 g/mol. The fourth-order valence-electron chi connectivity index (χ4n) is 3.95. The van der Waals surface area contributed by atoms with Gasteiger partial charge in [0, 0.05) is 22.6 Å². The highest BCUT2D eigenvalue weighted by molar-refractivity contribution is 5.91. The molecule has 0 aromatic heterocycles. The molecule has 2 heteroatoms. The van der Waals surface area contributed by atoms with Crippen LogP contribution in [0.5, 0.6) is 11.5 Å². The number of aldehydes is 1. The van der Waals surface area contributed by atoms with Crippen molar-refractivity contribution in [3.05, 3.63) is 107 Å². The van der Waals surface area contributed by atoms with Gasteiger partial charge in [-0.25, -0.2) is 0 Å². The lowest BCUT2D eigenvalue weighted by molar-refractivity contribution is 0.112. The van der Waals surface area contributed by atoms with E-state index >= 15 is 0 Å². The molecule has 0 bridgehead atoms. The van der Waals surface area contributed by atoms with Gasteiger partial charge >= 0.3 is 0 Å². The highest BCUT2D eigenvalue weighted by Crippen LogP contribution is 2.50. The molecule has 4 aromatic carbocycles. The van der Waals surface area contributed by atoms with Gasteiger partial charge in [-0.05, 0) is 28.5 Å². The van der Waals surface area contributed by atoms with Gasteiger partial charge in [0.15, 0.2) is 0 Å². The lowest BCUT2D eigenvalue weighted by Crippen LogP contribution is -2.13. The van der Waals surface area contributed by atoms with Crippen molar-refractivity contribution in [1.29, 1.82) is 0 Å². The van der Waals surface area contributed by atoms with E-state index in [4.69, 9.17) is 4.74 Å². The van der Waals surface area contributed by atoms with Crippen LogP contribution in [0.3, 0.4) is 0 Å². The summed E-state index contributed by atoms with van der Waals surface area (Å²) in [5.41, 5.74) is 3.94. The maximum absolute atomic E-state index is 11.7. The summed E-state index contributed by atoms with van der Waals surface area (Å²) in [7, 11) is 0. The standard InChI is InChI=1S/C24H16O2/c25-15-17-8-2-4-10-19(17)23-20-11-5-6-12-21(20)26-22-14-13-16-7-1-3-9-18(16)24(22)23/h1-15,23H. The normalized spacial score (nSPS) is 15.0. The minimum atomic E-state index is -0.0394. The SMILES string of the molecule is O=Cc1ccccc1C1c2ccccc2Oc2ccc3ccccc3c21. The maximum atomic E-state index is 11.7. The second-order valence-electron chi connectivity index (χ2n) is 6.52. The summed E-state index contributed by atoms with van der Waals surface area (Å²) in [5, 5.41) is 2.33. The van der Waals surface area contributed by atoms with Crippen LogP contribution in [0.1, 0.15) is 33.0 Å². The van der Waals surface area contributed by atoms with E-state index in [-0.39, 0.29) is 5.92 Å². The van der Waals surface area contributed by atoms with Gasteiger partial charge in [0.25, 0.3) is 0 Å². The summed E-state index contributed by atoms with van der Waals surface area (Å²) < 4.78 is 6.22. The van der Waals surface area contributed by atoms with E-state index in [9.17, 15) is 4.79 Å². The number of rotatable bonds is 2. The molecule has 0 saturated carbocycles. The van der Waals surface area contributed by atoms with Crippen molar-refractivity contribution in [2.75, 3.05) is 0 Å². The number of carbonyl (C=O) groups is 1. The van der Waals surface area contributed by atoms with Gasteiger partial charge in [-0.15, -0.1) is 0 Å². The molecule has 1 atom stereocenters. The second kappa shape index (κ2) is 5.85. The number of fused-ring (bicyclic) bond motifs is 4. The van der Waals surface area contributed by atoms with Crippen molar-refractivity contribution >= 4 is 17.1 Å². The molecule has 4 aromatic rings. The first-order valence-corrected chi connectivity index (χ1v) is 8.69. The zero-order valence-corrected chi connectivity index (χ0v) is 14.1. The quantitative estimate of drug-likeness (QED) is 0.373. The average molecular weight is 336 g/mol. The zero-order valence-electron chi connectivity index (χ0n) is 14.1. The van der Waals surface area contributed by atoms with Gasteiger partial charge in [-0.3, -0.25) is 4.79 Å². The van der Waals surface area contributed by atoms with Gasteiger partial charge in [0.2, 0.25) is 0 Å². The molecule has 26 heavy (non-hydrogen) atoms. The number of benzene rings is 4. The van der Waals surface area contributed by atoms with Crippen LogP contribution in [0.2, 0.25) is 0 Å². The molecular formula is C24H16O2. The summed E-state index contributed by atoms with van der Waals surface area (Å²) in [5.74, 6) is 1.66. The van der Waals surface area contributed by atoms with E-state index in [1.165, 1.54) is 5.39 Å². The van der Waals surface area contributed by atoms with E-state index < -0.39 is 0 Å². The second-order valence-corrected chi connectivity index (χ2v) is 6.52. The largest absolute Gasteiger partial charge is 0.457 e. The fourth-order valence-corrected chi connectivity index (χ4v) is 3.95. The molecule has 1 heterocycles. The van der Waals surface area contributed by atoms with Crippen LogP contribution < -0.4 is 4.74 Å². The molecule has 0 spiro atoms. The Morgan fingerprint density at radius 1 is 0.692 bits per heavy atom. The van der Waals surface area contributed by atoms with Crippen molar-refractivity contribution in [3.8, 4) is 11.5 Å². The number of carbonyl (C=O) groups excluding carboxylic acids is 1. The zero-order chi connectivity index (χ0) is 17.5. The number of hydrogen-bond donors (Lipinski definition) is 0. The third kappa shape index (κ3) is 2.16. The molecule has 0 amide bonds. The van der Waals surface area contributed by atoms with Gasteiger partial charge in [-0.1, -0.05) is 72.8 Å². The Kier molecular flexibility index (Phi) is 3.36. The number of ether oxygens (including phenoxy) is 1. The summed E-state index contributed by atoms with van der Waals surface area (Å²) in [4.78, 5) is 11.7. The Hall–Kier alpha value is -3.39. The molecule has 0 aliphatic carbocycles. The molecule has 0 radical (unpaired) electrons. The van der Waals surface area contributed by atoms with Gasteiger partial charge in [0.1, 0.15) is 17.8 Å². The highest BCUT2D eigenvalue weighted by Gasteiger charge is 2.31. The Labute approximate surface area is 151 Å². The topological polar surface area (TPSA) is 26.3 Å². The Morgan fingerprint density at radius 3 is 2.31 bits per heavy atom. The molecule has 124 valence electrons. The van der Waals surface area contributed by atoms with Crippen molar-refractivity contribution in [2.24, 2.45) is 0 Å². The predicted octanol–water partition coefficient (Wildman–Crippen LogP) is 5.94. The van der Waals surface area contributed by atoms with Crippen molar-refractivity contribution in [1.82, 2.24) is 0 Å². The molecule has 0 N–H and O–H groups in total. The fraction of sp³-hybridized carbons (Fsp3) is 0.0417. The number of para-hydroxylation sites is 1. The van der Waals surface area contributed by atoms with E-state index in [1.807, 2.05) is 60.7 Å². The van der Waals surface area contributed by atoms with Crippen LogP contribution >= 0.6 is 0 Å². The minimum absolute atomic E-state index is 0.0394. The minimum Gasteiger partial charge on any atom is -0.457 e. The first-order valence-electron chi connectivity index (χ1n) is 8.69. The van der Waals surface area contributed by atoms with Gasteiger partial charge in [-0.2, -0.15) is 0 Å². The van der Waals surface area contributed by atoms with Crippen molar-refractivity contribution in [3.63, 3.8) is 0 Å². The molecule has 1 unspecified atom stereocenters. The third-order valence-electron chi connectivity index (χ3n) is 5.10. The summed E-state index contributed by atoms with van der Waals surface area (Å²) >= 11 is 0. The predicted molar refractivity (Wildman–Crippen MR) is 103 cm³/mol. The molecular weight excluding hydrogens is 320 g/mol. The third-order valence-corrected chi connectivity index (χ3v) is 5.10. The first kappa shape index (κ1) is 14.9. The van der Waals surface area contributed by atoms with E-state index in [0.29, 0.717) is 5.56 Å². The van der Waals surface area contributed by atoms with E-state index in [2.05, 4.69) is 24.3 Å². The summed E-state index contributed by atoms with van der Waals surface area (Å²) in [6.45, 7) is 0. The summed E-state index contributed by atoms with van der Waals surface area (Å²) in [6.07, 6.45) is 0.943. The molecule has 5 rings (SSSR count). The first-order chi connectivity index (χ1) is 12.9. The molecule has 1 aliphatic rings. The molecule has 2 nitrogen and oxygen atoms in total. The maximum Gasteiger partial charge on any atom is 0.150 e.